The molecule has 0 spiro atoms. The predicted octanol–water partition coefficient (Wildman–Crippen LogP) is 4.59. The number of imidazole rings is 1. The molecule has 0 aromatic carbocycles. The lowest BCUT2D eigenvalue weighted by atomic mass is 10.1. The molecule has 0 radical (unpaired) electrons. The van der Waals surface area contributed by atoms with E-state index in [0.29, 0.717) is 27.7 Å². The van der Waals surface area contributed by atoms with Crippen LogP contribution in [0.25, 0.3) is 27.7 Å². The maximum atomic E-state index is 12.0. The zero-order valence-electron chi connectivity index (χ0n) is 18.3. The van der Waals surface area contributed by atoms with Crippen molar-refractivity contribution in [1.82, 2.24) is 19.5 Å². The summed E-state index contributed by atoms with van der Waals surface area (Å²) in [5.41, 5.74) is 5.61. The van der Waals surface area contributed by atoms with E-state index in [1.54, 1.807) is 19.4 Å². The Morgan fingerprint density at radius 2 is 2.03 bits per heavy atom. The maximum absolute atomic E-state index is 12.0. The molecule has 0 atom stereocenters. The zero-order chi connectivity index (χ0) is 23.0. The van der Waals surface area contributed by atoms with E-state index in [9.17, 15) is 10.1 Å². The van der Waals surface area contributed by atoms with Gasteiger partial charge >= 0.3 is 5.97 Å². The third kappa shape index (κ3) is 3.65. The summed E-state index contributed by atoms with van der Waals surface area (Å²) in [6.45, 7) is 5.94. The molecule has 4 aromatic heterocycles. The molecule has 4 heterocycles. The van der Waals surface area contributed by atoms with Crippen LogP contribution in [-0.4, -0.2) is 39.7 Å². The number of aryl methyl sites for hydroxylation is 2. The lowest BCUT2D eigenvalue weighted by molar-refractivity contribution is 0.0606. The van der Waals surface area contributed by atoms with Crippen molar-refractivity contribution in [3.8, 4) is 17.0 Å². The number of hydrogen-bond donors (Lipinski definition) is 1. The average molecular weight is 448 g/mol. The largest absolute Gasteiger partial charge is 0.481 e. The molecule has 0 amide bonds. The molecule has 8 nitrogen and oxygen atoms in total. The van der Waals surface area contributed by atoms with Gasteiger partial charge < -0.3 is 19.0 Å². The van der Waals surface area contributed by atoms with Crippen LogP contribution in [0.3, 0.4) is 0 Å². The summed E-state index contributed by atoms with van der Waals surface area (Å²) in [6, 6.07) is 7.80. The Balaban J connectivity index is 1.77. The van der Waals surface area contributed by atoms with Crippen molar-refractivity contribution in [3.05, 3.63) is 57.6 Å². The van der Waals surface area contributed by atoms with Crippen LogP contribution in [0, 0.1) is 32.1 Å². The molecule has 32 heavy (non-hydrogen) atoms. The van der Waals surface area contributed by atoms with Crippen LogP contribution in [0.15, 0.2) is 24.4 Å². The SMILES string of the molecule is COC(=O)c1cc(C)c(-n2c(C)cc(/C=C(\C#N)c3nc4cc(OC)ncc4[nH]3)c2C)s1. The molecule has 0 bridgehead atoms. The molecule has 0 unspecified atom stereocenters. The molecule has 4 aromatic rings. The van der Waals surface area contributed by atoms with Crippen molar-refractivity contribution >= 4 is 40.0 Å². The molecule has 0 aliphatic heterocycles. The van der Waals surface area contributed by atoms with Gasteiger partial charge in [0.1, 0.15) is 21.8 Å². The number of allylic oxidation sites excluding steroid dienone is 1. The summed E-state index contributed by atoms with van der Waals surface area (Å²) in [4.78, 5) is 24.3. The number of nitrogens with zero attached hydrogens (tertiary/aromatic N) is 4. The minimum absolute atomic E-state index is 0.352. The topological polar surface area (TPSA) is 106 Å². The second kappa shape index (κ2) is 8.32. The highest BCUT2D eigenvalue weighted by Crippen LogP contribution is 2.32. The number of carbonyl (C=O) groups is 1. The van der Waals surface area contributed by atoms with E-state index in [1.807, 2.05) is 39.0 Å². The minimum Gasteiger partial charge on any atom is -0.481 e. The van der Waals surface area contributed by atoms with Crippen LogP contribution < -0.4 is 4.74 Å². The van der Waals surface area contributed by atoms with E-state index in [2.05, 4.69) is 25.6 Å². The molecular formula is C23H21N5O3S. The van der Waals surface area contributed by atoms with Gasteiger partial charge in [-0.05, 0) is 50.1 Å². The number of aromatic amines is 1. The number of nitrogens with one attached hydrogen (secondary N) is 1. The van der Waals surface area contributed by atoms with Crippen LogP contribution in [-0.2, 0) is 4.74 Å². The van der Waals surface area contributed by atoms with Gasteiger partial charge in [0.25, 0.3) is 0 Å². The van der Waals surface area contributed by atoms with Gasteiger partial charge in [0.05, 0.1) is 37.0 Å². The van der Waals surface area contributed by atoms with Crippen LogP contribution in [0.5, 0.6) is 5.88 Å². The van der Waals surface area contributed by atoms with Gasteiger partial charge in [-0.2, -0.15) is 5.26 Å². The Hall–Kier alpha value is -3.90. The molecule has 162 valence electrons. The molecule has 1 N–H and O–H groups in total. The lowest BCUT2D eigenvalue weighted by Gasteiger charge is -2.08. The van der Waals surface area contributed by atoms with Gasteiger partial charge in [-0.15, -0.1) is 11.3 Å². The summed E-state index contributed by atoms with van der Waals surface area (Å²) < 4.78 is 12.1. The second-order valence-corrected chi connectivity index (χ2v) is 8.28. The van der Waals surface area contributed by atoms with Gasteiger partial charge in [-0.3, -0.25) is 0 Å². The van der Waals surface area contributed by atoms with Crippen molar-refractivity contribution in [2.45, 2.75) is 20.8 Å². The number of nitriles is 1. The van der Waals surface area contributed by atoms with Gasteiger partial charge in [-0.25, -0.2) is 14.8 Å². The van der Waals surface area contributed by atoms with E-state index in [1.165, 1.54) is 18.4 Å². The average Bonchev–Trinajstić information content (AvgIpc) is 3.45. The summed E-state index contributed by atoms with van der Waals surface area (Å²) in [5, 5.41) is 10.8. The number of methoxy groups -OCH3 is 2. The Morgan fingerprint density at radius 3 is 2.72 bits per heavy atom. The number of fused-ring (bicyclic) bond motifs is 1. The number of H-pyrrole nitrogens is 1. The van der Waals surface area contributed by atoms with E-state index in [0.717, 1.165) is 33.0 Å². The van der Waals surface area contributed by atoms with Crippen LogP contribution in [0.2, 0.25) is 0 Å². The summed E-state index contributed by atoms with van der Waals surface area (Å²) in [6.07, 6.45) is 3.44. The van der Waals surface area contributed by atoms with Gasteiger partial charge in [0.15, 0.2) is 0 Å². The highest BCUT2D eigenvalue weighted by atomic mass is 32.1. The highest BCUT2D eigenvalue weighted by Gasteiger charge is 2.18. The van der Waals surface area contributed by atoms with Gasteiger partial charge in [0, 0.05) is 17.5 Å². The normalized spacial score (nSPS) is 11.6. The number of thiophene rings is 1. The molecule has 4 rings (SSSR count). The Morgan fingerprint density at radius 1 is 1.25 bits per heavy atom. The molecule has 0 saturated heterocycles. The number of aromatic nitrogens is 4. The van der Waals surface area contributed by atoms with Crippen LogP contribution in [0.4, 0.5) is 0 Å². The third-order valence-electron chi connectivity index (χ3n) is 5.18. The summed E-state index contributed by atoms with van der Waals surface area (Å²) >= 11 is 1.38. The molecule has 0 fully saturated rings. The first kappa shape index (κ1) is 21.3. The van der Waals surface area contributed by atoms with E-state index in [4.69, 9.17) is 9.47 Å². The third-order valence-corrected chi connectivity index (χ3v) is 6.38. The number of ether oxygens (including phenoxy) is 2. The van der Waals surface area contributed by atoms with Crippen molar-refractivity contribution in [3.63, 3.8) is 0 Å². The first-order chi connectivity index (χ1) is 15.4. The molecule has 0 aliphatic carbocycles. The standard InChI is InChI=1S/C23H21N5O3S/c1-12-6-19(23(29)31-5)32-22(12)28-13(2)7-15(14(28)3)8-16(10-24)21-26-17-9-20(30-4)25-11-18(17)27-21/h6-9,11H,1-5H3,(H,26,27)/b16-8+. The minimum atomic E-state index is -0.352. The summed E-state index contributed by atoms with van der Waals surface area (Å²) in [5.74, 6) is 0.566. The number of carbonyl (C=O) groups excluding carboxylic acids is 1. The smallest absolute Gasteiger partial charge is 0.348 e. The Bertz CT molecular complexity index is 1420. The van der Waals surface area contributed by atoms with Gasteiger partial charge in [-0.1, -0.05) is 0 Å². The Labute approximate surface area is 188 Å². The summed E-state index contributed by atoms with van der Waals surface area (Å²) in [7, 11) is 2.92. The van der Waals surface area contributed by atoms with E-state index in [-0.39, 0.29) is 5.97 Å². The number of pyridine rings is 1. The predicted molar refractivity (Wildman–Crippen MR) is 123 cm³/mol. The zero-order valence-corrected chi connectivity index (χ0v) is 19.1. The second-order valence-electron chi connectivity index (χ2n) is 7.25. The van der Waals surface area contributed by atoms with E-state index >= 15 is 0 Å². The number of hydrogen-bond acceptors (Lipinski definition) is 7. The molecule has 9 heteroatoms. The highest BCUT2D eigenvalue weighted by molar-refractivity contribution is 7.16. The first-order valence-electron chi connectivity index (χ1n) is 9.76. The fraction of sp³-hybridized carbons (Fsp3) is 0.217. The molecule has 0 aliphatic rings. The quantitative estimate of drug-likeness (QED) is 0.354. The van der Waals surface area contributed by atoms with E-state index < -0.39 is 0 Å². The Kier molecular flexibility index (Phi) is 5.55. The van der Waals surface area contributed by atoms with Crippen LogP contribution >= 0.6 is 11.3 Å². The van der Waals surface area contributed by atoms with Crippen molar-refractivity contribution in [1.29, 1.82) is 5.26 Å². The number of rotatable bonds is 5. The van der Waals surface area contributed by atoms with Gasteiger partial charge in [0.2, 0.25) is 5.88 Å². The van der Waals surface area contributed by atoms with Crippen molar-refractivity contribution in [2.24, 2.45) is 0 Å². The maximum Gasteiger partial charge on any atom is 0.348 e. The lowest BCUT2D eigenvalue weighted by Crippen LogP contribution is -1.98. The monoisotopic (exact) mass is 447 g/mol. The fourth-order valence-corrected chi connectivity index (χ4v) is 4.78. The van der Waals surface area contributed by atoms with Crippen LogP contribution in [0.1, 0.15) is 38.0 Å². The first-order valence-corrected chi connectivity index (χ1v) is 10.6. The molecule has 0 saturated carbocycles. The van der Waals surface area contributed by atoms with Crippen molar-refractivity contribution < 1.29 is 14.3 Å². The fourth-order valence-electron chi connectivity index (χ4n) is 3.58. The number of esters is 1. The molecular weight excluding hydrogens is 426 g/mol. The van der Waals surface area contributed by atoms with Crippen molar-refractivity contribution in [2.75, 3.05) is 14.2 Å².